The third kappa shape index (κ3) is 3.53. The van der Waals surface area contributed by atoms with Crippen molar-refractivity contribution in [2.24, 2.45) is 0 Å². The summed E-state index contributed by atoms with van der Waals surface area (Å²) in [5.74, 6) is 1.49. The zero-order valence-corrected chi connectivity index (χ0v) is 12.9. The number of nitrogens with one attached hydrogen (secondary N) is 1. The molecule has 20 heavy (non-hydrogen) atoms. The lowest BCUT2D eigenvalue weighted by Gasteiger charge is -2.16. The molecule has 1 unspecified atom stereocenters. The second kappa shape index (κ2) is 6.78. The fourth-order valence-electron chi connectivity index (χ4n) is 2.22. The maximum atomic E-state index is 6.20. The molecule has 0 aliphatic heterocycles. The van der Waals surface area contributed by atoms with Gasteiger partial charge in [0.15, 0.2) is 0 Å². The minimum absolute atomic E-state index is 0.340. The van der Waals surface area contributed by atoms with E-state index in [4.69, 9.17) is 16.3 Å². The van der Waals surface area contributed by atoms with Crippen LogP contribution in [0.2, 0.25) is 5.02 Å². The Morgan fingerprint density at radius 2 is 2.00 bits per heavy atom. The summed E-state index contributed by atoms with van der Waals surface area (Å²) in [6, 6.07) is 14.3. The Bertz CT molecular complexity index is 579. The van der Waals surface area contributed by atoms with Gasteiger partial charge in [-0.15, -0.1) is 0 Å². The molecule has 2 nitrogen and oxygen atoms in total. The molecular formula is C17H20ClNO. The van der Waals surface area contributed by atoms with E-state index in [1.54, 1.807) is 0 Å². The van der Waals surface area contributed by atoms with Gasteiger partial charge in [-0.05, 0) is 55.8 Å². The van der Waals surface area contributed by atoms with Gasteiger partial charge in [0.05, 0.1) is 5.02 Å². The van der Waals surface area contributed by atoms with Crippen LogP contribution in [0.15, 0.2) is 42.5 Å². The van der Waals surface area contributed by atoms with E-state index >= 15 is 0 Å². The predicted molar refractivity (Wildman–Crippen MR) is 84.8 cm³/mol. The monoisotopic (exact) mass is 289 g/mol. The fourth-order valence-corrected chi connectivity index (χ4v) is 2.49. The highest BCUT2D eigenvalue weighted by molar-refractivity contribution is 6.32. The Kier molecular flexibility index (Phi) is 5.05. The van der Waals surface area contributed by atoms with Crippen molar-refractivity contribution in [2.75, 3.05) is 7.05 Å². The number of rotatable bonds is 5. The van der Waals surface area contributed by atoms with Gasteiger partial charge >= 0.3 is 0 Å². The fraction of sp³-hybridized carbons (Fsp3) is 0.294. The molecule has 2 aromatic carbocycles. The maximum absolute atomic E-state index is 6.20. The molecule has 0 aromatic heterocycles. The Hall–Kier alpha value is -1.51. The van der Waals surface area contributed by atoms with Gasteiger partial charge in [0, 0.05) is 6.04 Å². The molecule has 0 fully saturated rings. The summed E-state index contributed by atoms with van der Waals surface area (Å²) in [6.45, 7) is 4.17. The van der Waals surface area contributed by atoms with Crippen LogP contribution >= 0.6 is 11.6 Å². The van der Waals surface area contributed by atoms with Crippen LogP contribution in [0.1, 0.15) is 30.5 Å². The number of aryl methyl sites for hydroxylation is 1. The van der Waals surface area contributed by atoms with Crippen molar-refractivity contribution in [3.05, 3.63) is 58.6 Å². The van der Waals surface area contributed by atoms with Crippen molar-refractivity contribution in [1.82, 2.24) is 5.32 Å². The molecule has 0 saturated heterocycles. The molecule has 0 aliphatic rings. The summed E-state index contributed by atoms with van der Waals surface area (Å²) < 4.78 is 5.88. The van der Waals surface area contributed by atoms with Crippen molar-refractivity contribution in [2.45, 2.75) is 26.3 Å². The van der Waals surface area contributed by atoms with Gasteiger partial charge in [-0.3, -0.25) is 0 Å². The van der Waals surface area contributed by atoms with Crippen LogP contribution < -0.4 is 10.1 Å². The minimum atomic E-state index is 0.340. The molecule has 0 amide bonds. The molecule has 3 heteroatoms. The van der Waals surface area contributed by atoms with Gasteiger partial charge in [-0.2, -0.15) is 0 Å². The summed E-state index contributed by atoms with van der Waals surface area (Å²) in [5.41, 5.74) is 2.34. The lowest BCUT2D eigenvalue weighted by molar-refractivity contribution is 0.479. The lowest BCUT2D eigenvalue weighted by Crippen LogP contribution is -2.14. The molecule has 2 rings (SSSR count). The van der Waals surface area contributed by atoms with Crippen LogP contribution in [0.3, 0.4) is 0 Å². The number of ether oxygens (including phenoxy) is 1. The van der Waals surface area contributed by atoms with E-state index in [0.29, 0.717) is 16.8 Å². The largest absolute Gasteiger partial charge is 0.456 e. The molecular weight excluding hydrogens is 270 g/mol. The standard InChI is InChI=1S/C17H20ClNO/c1-4-16(19-3)13-6-5-7-14(11-13)20-17-9-8-12(2)10-15(17)18/h5-11,16,19H,4H2,1-3H3. The number of halogens is 1. The first-order valence-corrected chi connectivity index (χ1v) is 7.23. The molecule has 0 bridgehead atoms. The molecule has 0 spiro atoms. The Labute approximate surface area is 125 Å². The van der Waals surface area contributed by atoms with Gasteiger partial charge in [-0.1, -0.05) is 36.7 Å². The second-order valence-electron chi connectivity index (χ2n) is 4.86. The van der Waals surface area contributed by atoms with Gasteiger partial charge < -0.3 is 10.1 Å². The molecule has 2 aromatic rings. The minimum Gasteiger partial charge on any atom is -0.456 e. The number of benzene rings is 2. The Morgan fingerprint density at radius 1 is 1.20 bits per heavy atom. The molecule has 0 saturated carbocycles. The first-order chi connectivity index (χ1) is 9.63. The summed E-state index contributed by atoms with van der Waals surface area (Å²) in [6.07, 6.45) is 1.03. The van der Waals surface area contributed by atoms with Gasteiger partial charge in [0.2, 0.25) is 0 Å². The predicted octanol–water partition coefficient (Wildman–Crippen LogP) is 5.11. The quantitative estimate of drug-likeness (QED) is 0.826. The summed E-state index contributed by atoms with van der Waals surface area (Å²) in [7, 11) is 1.97. The molecule has 0 aliphatic carbocycles. The van der Waals surface area contributed by atoms with Gasteiger partial charge in [-0.25, -0.2) is 0 Å². The van der Waals surface area contributed by atoms with Crippen LogP contribution in [0.4, 0.5) is 0 Å². The van der Waals surface area contributed by atoms with Crippen molar-refractivity contribution < 1.29 is 4.74 Å². The zero-order chi connectivity index (χ0) is 14.5. The highest BCUT2D eigenvalue weighted by Crippen LogP contribution is 2.31. The van der Waals surface area contributed by atoms with E-state index in [0.717, 1.165) is 17.7 Å². The maximum Gasteiger partial charge on any atom is 0.146 e. The van der Waals surface area contributed by atoms with Gasteiger partial charge in [0.25, 0.3) is 0 Å². The van der Waals surface area contributed by atoms with E-state index in [2.05, 4.69) is 24.4 Å². The van der Waals surface area contributed by atoms with Crippen molar-refractivity contribution >= 4 is 11.6 Å². The van der Waals surface area contributed by atoms with Gasteiger partial charge in [0.1, 0.15) is 11.5 Å². The zero-order valence-electron chi connectivity index (χ0n) is 12.1. The van der Waals surface area contributed by atoms with Crippen molar-refractivity contribution in [1.29, 1.82) is 0 Å². The molecule has 0 radical (unpaired) electrons. The third-order valence-corrected chi connectivity index (χ3v) is 3.63. The first-order valence-electron chi connectivity index (χ1n) is 6.85. The summed E-state index contributed by atoms with van der Waals surface area (Å²) >= 11 is 6.20. The third-order valence-electron chi connectivity index (χ3n) is 3.33. The number of hydrogen-bond donors (Lipinski definition) is 1. The highest BCUT2D eigenvalue weighted by Gasteiger charge is 2.08. The van der Waals surface area contributed by atoms with Crippen LogP contribution in [-0.4, -0.2) is 7.05 Å². The highest BCUT2D eigenvalue weighted by atomic mass is 35.5. The summed E-state index contributed by atoms with van der Waals surface area (Å²) in [4.78, 5) is 0. The molecule has 1 N–H and O–H groups in total. The number of hydrogen-bond acceptors (Lipinski definition) is 2. The Balaban J connectivity index is 2.23. The first kappa shape index (κ1) is 14.9. The molecule has 0 heterocycles. The van der Waals surface area contributed by atoms with Crippen molar-refractivity contribution in [3.63, 3.8) is 0 Å². The topological polar surface area (TPSA) is 21.3 Å². The van der Waals surface area contributed by atoms with Crippen LogP contribution in [-0.2, 0) is 0 Å². The van der Waals surface area contributed by atoms with E-state index < -0.39 is 0 Å². The SMILES string of the molecule is CCC(NC)c1cccc(Oc2ccc(C)cc2Cl)c1. The molecule has 1 atom stereocenters. The van der Waals surface area contributed by atoms with Crippen LogP contribution in [0.5, 0.6) is 11.5 Å². The van der Waals surface area contributed by atoms with E-state index in [-0.39, 0.29) is 0 Å². The van der Waals surface area contributed by atoms with E-state index in [1.807, 2.05) is 44.3 Å². The average molecular weight is 290 g/mol. The van der Waals surface area contributed by atoms with E-state index in [9.17, 15) is 0 Å². The lowest BCUT2D eigenvalue weighted by atomic mass is 10.0. The molecule has 106 valence electrons. The second-order valence-corrected chi connectivity index (χ2v) is 5.27. The summed E-state index contributed by atoms with van der Waals surface area (Å²) in [5, 5.41) is 3.93. The van der Waals surface area contributed by atoms with Crippen LogP contribution in [0.25, 0.3) is 0 Å². The normalized spacial score (nSPS) is 12.2. The smallest absolute Gasteiger partial charge is 0.146 e. The van der Waals surface area contributed by atoms with E-state index in [1.165, 1.54) is 5.56 Å². The Morgan fingerprint density at radius 3 is 2.65 bits per heavy atom. The van der Waals surface area contributed by atoms with Crippen molar-refractivity contribution in [3.8, 4) is 11.5 Å². The van der Waals surface area contributed by atoms with Crippen LogP contribution in [0, 0.1) is 6.92 Å². The average Bonchev–Trinajstić information content (AvgIpc) is 2.44.